The minimum Gasteiger partial charge on any atom is -0.469 e. The van der Waals surface area contributed by atoms with Crippen molar-refractivity contribution in [1.29, 1.82) is 0 Å². The van der Waals surface area contributed by atoms with Gasteiger partial charge in [0.15, 0.2) is 10.2 Å². The lowest BCUT2D eigenvalue weighted by Gasteiger charge is -2.04. The summed E-state index contributed by atoms with van der Waals surface area (Å²) in [6.07, 6.45) is 1.39. The van der Waals surface area contributed by atoms with Crippen molar-refractivity contribution < 1.29 is 17.9 Å². The highest BCUT2D eigenvalue weighted by Crippen LogP contribution is 2.20. The minimum absolute atomic E-state index is 0.000434. The summed E-state index contributed by atoms with van der Waals surface area (Å²) in [7, 11) is -0.934. The molecule has 0 saturated carbocycles. The molecule has 0 radical (unpaired) electrons. The zero-order valence-corrected chi connectivity index (χ0v) is 12.4. The molecule has 0 aliphatic heterocycles. The molecule has 1 N–H and O–H groups in total. The first-order valence-corrected chi connectivity index (χ1v) is 7.80. The normalized spacial score (nSPS) is 11.3. The first kappa shape index (κ1) is 14.5. The molecule has 2 rings (SSSR count). The van der Waals surface area contributed by atoms with Crippen molar-refractivity contribution in [1.82, 2.24) is 14.8 Å². The Morgan fingerprint density at radius 3 is 2.90 bits per heavy atom. The molecule has 0 aliphatic rings. The number of anilines is 1. The Hall–Kier alpha value is -1.94. The highest BCUT2D eigenvalue weighted by molar-refractivity contribution is 7.92. The number of nitrogens with one attached hydrogen (secondary N) is 1. The summed E-state index contributed by atoms with van der Waals surface area (Å²) in [6.45, 7) is 0. The highest BCUT2D eigenvalue weighted by Gasteiger charge is 2.20. The van der Waals surface area contributed by atoms with Crippen LogP contribution < -0.4 is 4.72 Å². The summed E-state index contributed by atoms with van der Waals surface area (Å²) in [5.41, 5.74) is 0.449. The zero-order chi connectivity index (χ0) is 14.8. The predicted molar refractivity (Wildman–Crippen MR) is 71.9 cm³/mol. The van der Waals surface area contributed by atoms with Gasteiger partial charge in [0, 0.05) is 12.4 Å². The van der Waals surface area contributed by atoms with Crippen molar-refractivity contribution in [3.63, 3.8) is 0 Å². The molecular formula is C10H12N4O4S2. The van der Waals surface area contributed by atoms with Crippen molar-refractivity contribution in [2.75, 3.05) is 11.8 Å². The summed E-state index contributed by atoms with van der Waals surface area (Å²) >= 11 is 1.09. The van der Waals surface area contributed by atoms with Crippen LogP contribution in [0.4, 0.5) is 5.13 Å². The number of carbonyl (C=O) groups excluding carboxylic acids is 1. The lowest BCUT2D eigenvalue weighted by atomic mass is 10.3. The maximum Gasteiger partial charge on any atom is 0.311 e. The molecule has 2 aromatic rings. The summed E-state index contributed by atoms with van der Waals surface area (Å²) in [5, 5.41) is 5.61. The van der Waals surface area contributed by atoms with Gasteiger partial charge < -0.3 is 4.74 Å². The van der Waals surface area contributed by atoms with Crippen LogP contribution in [0, 0.1) is 0 Å². The summed E-state index contributed by atoms with van der Waals surface area (Å²) in [6, 6.07) is 1.38. The number of hydrogen-bond acceptors (Lipinski definition) is 7. The van der Waals surface area contributed by atoms with Gasteiger partial charge in [0.2, 0.25) is 0 Å². The van der Waals surface area contributed by atoms with Gasteiger partial charge in [-0.15, -0.1) is 11.3 Å². The number of aryl methyl sites for hydroxylation is 1. The van der Waals surface area contributed by atoms with Gasteiger partial charge in [0.1, 0.15) is 0 Å². The van der Waals surface area contributed by atoms with E-state index in [-0.39, 0.29) is 16.6 Å². The number of nitrogens with zero attached hydrogens (tertiary/aromatic N) is 3. The second-order valence-corrected chi connectivity index (χ2v) is 6.28. The second kappa shape index (κ2) is 5.59. The number of hydrogen-bond donors (Lipinski definition) is 1. The van der Waals surface area contributed by atoms with Crippen LogP contribution in [0.1, 0.15) is 5.69 Å². The van der Waals surface area contributed by atoms with Crippen LogP contribution >= 0.6 is 11.3 Å². The van der Waals surface area contributed by atoms with E-state index in [1.165, 1.54) is 31.1 Å². The first-order chi connectivity index (χ1) is 9.42. The van der Waals surface area contributed by atoms with Crippen LogP contribution in [0.15, 0.2) is 22.7 Å². The van der Waals surface area contributed by atoms with Crippen LogP contribution in [0.25, 0.3) is 0 Å². The predicted octanol–water partition coefficient (Wildman–Crippen LogP) is 0.393. The Bertz CT molecular complexity index is 719. The molecule has 0 aliphatic carbocycles. The average Bonchev–Trinajstić information content (AvgIpc) is 2.98. The third kappa shape index (κ3) is 3.14. The summed E-state index contributed by atoms with van der Waals surface area (Å²) in [4.78, 5) is 15.1. The van der Waals surface area contributed by atoms with Gasteiger partial charge in [0.05, 0.1) is 25.4 Å². The molecule has 0 atom stereocenters. The van der Waals surface area contributed by atoms with Gasteiger partial charge in [-0.25, -0.2) is 4.98 Å². The maximum atomic E-state index is 12.1. The van der Waals surface area contributed by atoms with E-state index in [0.717, 1.165) is 11.3 Å². The van der Waals surface area contributed by atoms with Crippen LogP contribution in [-0.2, 0) is 33.0 Å². The fourth-order valence-electron chi connectivity index (χ4n) is 1.45. The third-order valence-electron chi connectivity index (χ3n) is 2.38. The number of rotatable bonds is 5. The lowest BCUT2D eigenvalue weighted by Crippen LogP contribution is -2.16. The number of methoxy groups -OCH3 is 1. The fraction of sp³-hybridized carbons (Fsp3) is 0.300. The SMILES string of the molecule is COC(=O)Cc1csc(NS(=O)(=O)c2ccnn2C)n1. The molecule has 0 unspecified atom stereocenters. The molecule has 108 valence electrons. The lowest BCUT2D eigenvalue weighted by molar-refractivity contribution is -0.139. The first-order valence-electron chi connectivity index (χ1n) is 5.44. The summed E-state index contributed by atoms with van der Waals surface area (Å²) in [5.74, 6) is -0.434. The maximum absolute atomic E-state index is 12.1. The van der Waals surface area contributed by atoms with Gasteiger partial charge in [-0.1, -0.05) is 0 Å². The van der Waals surface area contributed by atoms with Gasteiger partial charge >= 0.3 is 5.97 Å². The third-order valence-corrected chi connectivity index (χ3v) is 4.73. The number of sulfonamides is 1. The number of carbonyl (C=O) groups is 1. The molecular weight excluding hydrogens is 304 g/mol. The number of ether oxygens (including phenoxy) is 1. The van der Waals surface area contributed by atoms with E-state index in [0.29, 0.717) is 5.69 Å². The quantitative estimate of drug-likeness (QED) is 0.801. The van der Waals surface area contributed by atoms with Crippen molar-refractivity contribution in [2.45, 2.75) is 11.4 Å². The van der Waals surface area contributed by atoms with E-state index >= 15 is 0 Å². The Morgan fingerprint density at radius 2 is 2.30 bits per heavy atom. The Balaban J connectivity index is 2.15. The van der Waals surface area contributed by atoms with Gasteiger partial charge in [-0.05, 0) is 6.07 Å². The van der Waals surface area contributed by atoms with Crippen molar-refractivity contribution >= 4 is 32.5 Å². The highest BCUT2D eigenvalue weighted by atomic mass is 32.2. The molecule has 10 heteroatoms. The Kier molecular flexibility index (Phi) is 4.04. The molecule has 0 spiro atoms. The van der Waals surface area contributed by atoms with Crippen LogP contribution in [-0.4, -0.2) is 36.3 Å². The van der Waals surface area contributed by atoms with Crippen LogP contribution in [0.2, 0.25) is 0 Å². The van der Waals surface area contributed by atoms with Gasteiger partial charge in [-0.2, -0.15) is 13.5 Å². The smallest absolute Gasteiger partial charge is 0.311 e. The number of thiazole rings is 1. The Morgan fingerprint density at radius 1 is 1.55 bits per heavy atom. The molecule has 0 bridgehead atoms. The molecule has 2 aromatic heterocycles. The minimum atomic E-state index is -3.74. The standard InChI is InChI=1S/C10H12N4O4S2/c1-14-8(3-4-11-14)20(16,17)13-10-12-7(6-19-10)5-9(15)18-2/h3-4,6H,5H2,1-2H3,(H,12,13). The van der Waals surface area contributed by atoms with E-state index in [2.05, 4.69) is 19.5 Å². The fourth-order valence-corrected chi connectivity index (χ4v) is 3.54. The average molecular weight is 316 g/mol. The molecule has 8 nitrogen and oxygen atoms in total. The molecule has 0 aromatic carbocycles. The van der Waals surface area contributed by atoms with E-state index < -0.39 is 16.0 Å². The van der Waals surface area contributed by atoms with Crippen molar-refractivity contribution in [3.05, 3.63) is 23.3 Å². The molecule has 0 fully saturated rings. The van der Waals surface area contributed by atoms with E-state index in [9.17, 15) is 13.2 Å². The monoisotopic (exact) mass is 316 g/mol. The largest absolute Gasteiger partial charge is 0.469 e. The van der Waals surface area contributed by atoms with Crippen molar-refractivity contribution in [3.8, 4) is 0 Å². The Labute approximate surface area is 119 Å². The van der Waals surface area contributed by atoms with E-state index in [1.54, 1.807) is 5.38 Å². The van der Waals surface area contributed by atoms with E-state index in [1.807, 2.05) is 0 Å². The molecule has 20 heavy (non-hydrogen) atoms. The van der Waals surface area contributed by atoms with Crippen LogP contribution in [0.3, 0.4) is 0 Å². The second-order valence-electron chi connectivity index (χ2n) is 3.80. The molecule has 0 saturated heterocycles. The van der Waals surface area contributed by atoms with E-state index in [4.69, 9.17) is 0 Å². The van der Waals surface area contributed by atoms with Crippen molar-refractivity contribution in [2.24, 2.45) is 7.05 Å². The molecule has 0 amide bonds. The zero-order valence-electron chi connectivity index (χ0n) is 10.7. The van der Waals surface area contributed by atoms with Gasteiger partial charge in [0.25, 0.3) is 10.0 Å². The molecule has 2 heterocycles. The number of esters is 1. The van der Waals surface area contributed by atoms with Crippen LogP contribution in [0.5, 0.6) is 0 Å². The number of aromatic nitrogens is 3. The summed E-state index contributed by atoms with van der Waals surface area (Å²) < 4.78 is 32.2. The van der Waals surface area contributed by atoms with Gasteiger partial charge in [-0.3, -0.25) is 14.2 Å². The topological polar surface area (TPSA) is 103 Å².